The van der Waals surface area contributed by atoms with Crippen LogP contribution in [0, 0.1) is 0 Å². The maximum atomic E-state index is 12.2. The number of amides is 2. The number of carbonyl (C=O) groups excluding carboxylic acids is 1. The number of hydrogen-bond acceptors (Lipinski definition) is 3. The molecule has 0 aliphatic heterocycles. The number of rotatable bonds is 7. The lowest BCUT2D eigenvalue weighted by Crippen LogP contribution is -2.46. The summed E-state index contributed by atoms with van der Waals surface area (Å²) in [5, 5.41) is 11.7. The van der Waals surface area contributed by atoms with E-state index in [1.54, 1.807) is 43.5 Å². The molecule has 2 atom stereocenters. The van der Waals surface area contributed by atoms with Crippen molar-refractivity contribution < 1.29 is 18.9 Å². The molecule has 2 amide bonds. The molecule has 116 valence electrons. The lowest BCUT2D eigenvalue weighted by atomic mass is 10.2. The highest BCUT2D eigenvalue weighted by Gasteiger charge is 2.20. The van der Waals surface area contributed by atoms with E-state index in [4.69, 9.17) is 5.11 Å². The van der Waals surface area contributed by atoms with Gasteiger partial charge in [-0.25, -0.2) is 4.79 Å². The second-order valence-corrected chi connectivity index (χ2v) is 6.29. The van der Waals surface area contributed by atoms with E-state index >= 15 is 0 Å². The lowest BCUT2D eigenvalue weighted by Gasteiger charge is -2.23. The third-order valence-electron chi connectivity index (χ3n) is 2.81. The zero-order chi connectivity index (χ0) is 15.8. The van der Waals surface area contributed by atoms with Gasteiger partial charge in [0.25, 0.3) is 0 Å². The molecule has 0 aromatic heterocycles. The third kappa shape index (κ3) is 6.40. The zero-order valence-electron chi connectivity index (χ0n) is 12.1. The van der Waals surface area contributed by atoms with Gasteiger partial charge in [0.15, 0.2) is 0 Å². The van der Waals surface area contributed by atoms with E-state index in [2.05, 4.69) is 5.32 Å². The van der Waals surface area contributed by atoms with Crippen molar-refractivity contribution in [2.45, 2.75) is 19.4 Å². The van der Waals surface area contributed by atoms with E-state index in [1.807, 2.05) is 0 Å². The third-order valence-corrected chi connectivity index (χ3v) is 3.63. The molecule has 2 N–H and O–H groups in total. The summed E-state index contributed by atoms with van der Waals surface area (Å²) >= 11 is 0. The molecule has 7 heteroatoms. The molecule has 1 aromatic carbocycles. The second-order valence-electron chi connectivity index (χ2n) is 4.73. The van der Waals surface area contributed by atoms with Gasteiger partial charge in [-0.3, -0.25) is 13.9 Å². The highest BCUT2D eigenvalue weighted by molar-refractivity contribution is 7.84. The highest BCUT2D eigenvalue weighted by Crippen LogP contribution is 2.13. The topological polar surface area (TPSA) is 86.7 Å². The van der Waals surface area contributed by atoms with Crippen LogP contribution in [-0.2, 0) is 15.6 Å². The smallest absolute Gasteiger partial charge is 0.323 e. The van der Waals surface area contributed by atoms with Crippen LogP contribution in [0.25, 0.3) is 0 Å². The fourth-order valence-corrected chi connectivity index (χ4v) is 2.41. The average molecular weight is 312 g/mol. The monoisotopic (exact) mass is 312 g/mol. The Kier molecular flexibility index (Phi) is 6.87. The molecule has 1 aromatic rings. The van der Waals surface area contributed by atoms with Crippen molar-refractivity contribution >= 4 is 28.5 Å². The molecular formula is C14H20N2O4S. The molecule has 6 nitrogen and oxygen atoms in total. The number of carboxylic acid groups (broad SMARTS) is 1. The summed E-state index contributed by atoms with van der Waals surface area (Å²) in [5.41, 5.74) is 0.517. The van der Waals surface area contributed by atoms with Crippen LogP contribution in [0.2, 0.25) is 0 Å². The van der Waals surface area contributed by atoms with Gasteiger partial charge in [-0.15, -0.1) is 0 Å². The molecule has 0 radical (unpaired) electrons. The van der Waals surface area contributed by atoms with Gasteiger partial charge in [0.05, 0.1) is 0 Å². The predicted octanol–water partition coefficient (Wildman–Crippen LogP) is 1.44. The van der Waals surface area contributed by atoms with E-state index in [1.165, 1.54) is 4.90 Å². The van der Waals surface area contributed by atoms with Gasteiger partial charge >= 0.3 is 12.0 Å². The number of para-hydroxylation sites is 1. The number of benzene rings is 1. The van der Waals surface area contributed by atoms with Gasteiger partial charge in [0.2, 0.25) is 0 Å². The molecule has 0 spiro atoms. The van der Waals surface area contributed by atoms with Gasteiger partial charge in [-0.2, -0.15) is 0 Å². The molecule has 21 heavy (non-hydrogen) atoms. The first-order chi connectivity index (χ1) is 9.90. The van der Waals surface area contributed by atoms with Crippen molar-refractivity contribution in [3.8, 4) is 0 Å². The molecular weight excluding hydrogens is 292 g/mol. The number of urea groups is 1. The van der Waals surface area contributed by atoms with Crippen molar-refractivity contribution in [1.82, 2.24) is 5.32 Å². The van der Waals surface area contributed by atoms with Crippen LogP contribution in [0.4, 0.5) is 10.5 Å². The van der Waals surface area contributed by atoms with Gasteiger partial charge in [-0.1, -0.05) is 18.2 Å². The Balaban J connectivity index is 2.72. The number of nitrogens with zero attached hydrogens (tertiary/aromatic N) is 1. The van der Waals surface area contributed by atoms with Crippen LogP contribution < -0.4 is 10.2 Å². The first-order valence-corrected chi connectivity index (χ1v) is 8.27. The summed E-state index contributed by atoms with van der Waals surface area (Å²) in [7, 11) is -0.916. The summed E-state index contributed by atoms with van der Waals surface area (Å²) in [6.45, 7) is 1.39. The zero-order valence-corrected chi connectivity index (χ0v) is 12.9. The van der Waals surface area contributed by atoms with Gasteiger partial charge in [-0.05, 0) is 25.5 Å². The lowest BCUT2D eigenvalue weighted by molar-refractivity contribution is -0.135. The summed E-state index contributed by atoms with van der Waals surface area (Å²) in [6.07, 6.45) is 2.18. The first kappa shape index (κ1) is 17.2. The van der Waals surface area contributed by atoms with Crippen LogP contribution in [0.5, 0.6) is 0 Å². The van der Waals surface area contributed by atoms with Crippen LogP contribution in [0.1, 0.15) is 13.3 Å². The minimum atomic E-state index is -1.09. The van der Waals surface area contributed by atoms with Crippen LogP contribution in [0.15, 0.2) is 30.3 Å². The minimum Gasteiger partial charge on any atom is -0.480 e. The van der Waals surface area contributed by atoms with Crippen molar-refractivity contribution in [2.75, 3.05) is 23.5 Å². The van der Waals surface area contributed by atoms with Crippen LogP contribution in [0.3, 0.4) is 0 Å². The van der Waals surface area contributed by atoms with Crippen molar-refractivity contribution in [2.24, 2.45) is 0 Å². The molecule has 1 rings (SSSR count). The average Bonchev–Trinajstić information content (AvgIpc) is 2.43. The largest absolute Gasteiger partial charge is 0.480 e. The molecule has 0 aliphatic carbocycles. The van der Waals surface area contributed by atoms with Gasteiger partial charge in [0.1, 0.15) is 6.54 Å². The molecule has 0 saturated heterocycles. The number of carboxylic acids is 1. The Bertz CT molecular complexity index is 507. The Morgan fingerprint density at radius 3 is 2.48 bits per heavy atom. The van der Waals surface area contributed by atoms with E-state index in [0.29, 0.717) is 17.9 Å². The number of anilines is 1. The Morgan fingerprint density at radius 1 is 1.33 bits per heavy atom. The minimum absolute atomic E-state index is 0.179. The molecule has 0 fully saturated rings. The van der Waals surface area contributed by atoms with Crippen molar-refractivity contribution in [3.05, 3.63) is 30.3 Å². The summed E-state index contributed by atoms with van der Waals surface area (Å²) in [5.74, 6) is -0.595. The number of nitrogens with one attached hydrogen (secondary N) is 1. The molecule has 2 unspecified atom stereocenters. The Hall–Kier alpha value is -1.89. The Labute approximate surface area is 126 Å². The van der Waals surface area contributed by atoms with Crippen LogP contribution in [-0.4, -0.2) is 45.9 Å². The summed E-state index contributed by atoms with van der Waals surface area (Å²) in [6, 6.07) is 7.96. The molecule has 0 saturated carbocycles. The number of carbonyl (C=O) groups is 2. The fourth-order valence-electron chi connectivity index (χ4n) is 1.73. The molecule has 0 heterocycles. The van der Waals surface area contributed by atoms with Gasteiger partial charge in [0, 0.05) is 34.5 Å². The molecule has 0 bridgehead atoms. The first-order valence-electron chi connectivity index (χ1n) is 6.55. The van der Waals surface area contributed by atoms with E-state index in [-0.39, 0.29) is 6.04 Å². The van der Waals surface area contributed by atoms with Crippen molar-refractivity contribution in [1.29, 1.82) is 0 Å². The normalized spacial score (nSPS) is 13.2. The fraction of sp³-hybridized carbons (Fsp3) is 0.429. The molecule has 0 aliphatic rings. The maximum Gasteiger partial charge on any atom is 0.323 e. The predicted molar refractivity (Wildman–Crippen MR) is 83.0 cm³/mol. The standard InChI is InChI=1S/C14H20N2O4S/c1-11(8-9-21(2)20)15-14(19)16(10-13(17)18)12-6-4-3-5-7-12/h3-7,11H,8-10H2,1-2H3,(H,15,19)(H,17,18). The van der Waals surface area contributed by atoms with Crippen molar-refractivity contribution in [3.63, 3.8) is 0 Å². The highest BCUT2D eigenvalue weighted by atomic mass is 32.2. The maximum absolute atomic E-state index is 12.2. The van der Waals surface area contributed by atoms with E-state index < -0.39 is 29.3 Å². The summed E-state index contributed by atoms with van der Waals surface area (Å²) < 4.78 is 11.0. The summed E-state index contributed by atoms with van der Waals surface area (Å²) in [4.78, 5) is 24.3. The number of aliphatic carboxylic acids is 1. The van der Waals surface area contributed by atoms with E-state index in [9.17, 15) is 13.8 Å². The Morgan fingerprint density at radius 2 is 1.95 bits per heavy atom. The van der Waals surface area contributed by atoms with E-state index in [0.717, 1.165) is 0 Å². The SMILES string of the molecule is CC(CCS(C)=O)NC(=O)N(CC(=O)O)c1ccccc1. The number of hydrogen-bond donors (Lipinski definition) is 2. The van der Waals surface area contributed by atoms with Gasteiger partial charge < -0.3 is 10.4 Å². The quantitative estimate of drug-likeness (QED) is 0.797. The second kappa shape index (κ2) is 8.41. The van der Waals surface area contributed by atoms with Crippen LogP contribution >= 0.6 is 0 Å².